The fourth-order valence-corrected chi connectivity index (χ4v) is 6.64. The highest BCUT2D eigenvalue weighted by Crippen LogP contribution is 2.37. The maximum absolute atomic E-state index is 14.8. The van der Waals surface area contributed by atoms with Crippen molar-refractivity contribution in [3.8, 4) is 11.3 Å². The molecule has 228 valence electrons. The molecule has 5 heterocycles. The molecule has 0 amide bonds. The molecule has 4 aromatic rings. The Balaban J connectivity index is 1.41. The van der Waals surface area contributed by atoms with Gasteiger partial charge in [0.1, 0.15) is 11.8 Å². The number of nitrogens with zero attached hydrogens (tertiary/aromatic N) is 5. The Kier molecular flexibility index (Phi) is 7.75. The van der Waals surface area contributed by atoms with Crippen molar-refractivity contribution >= 4 is 26.8 Å². The summed E-state index contributed by atoms with van der Waals surface area (Å²) in [7, 11) is -4.55. The minimum absolute atomic E-state index is 0.113. The van der Waals surface area contributed by atoms with Crippen LogP contribution >= 0.6 is 0 Å². The summed E-state index contributed by atoms with van der Waals surface area (Å²) in [5.74, 6) is -2.29. The number of Topliss-reactive ketones (excluding diaryl/α,β-unsaturated/α-hetero) is 1. The van der Waals surface area contributed by atoms with Gasteiger partial charge in [-0.05, 0) is 31.0 Å². The highest BCUT2D eigenvalue weighted by atomic mass is 32.2. The lowest BCUT2D eigenvalue weighted by molar-refractivity contribution is -0.145. The molecule has 1 aliphatic rings. The molecule has 0 unspecified atom stereocenters. The summed E-state index contributed by atoms with van der Waals surface area (Å²) in [5, 5.41) is -0.203. The summed E-state index contributed by atoms with van der Waals surface area (Å²) in [4.78, 5) is 27.2. The van der Waals surface area contributed by atoms with E-state index in [1.54, 1.807) is 0 Å². The van der Waals surface area contributed by atoms with Crippen molar-refractivity contribution in [1.29, 1.82) is 0 Å². The van der Waals surface area contributed by atoms with Gasteiger partial charge in [0.25, 0.3) is 10.0 Å². The van der Waals surface area contributed by atoms with Crippen LogP contribution in [0.25, 0.3) is 22.2 Å². The van der Waals surface area contributed by atoms with Crippen LogP contribution in [-0.4, -0.2) is 56.7 Å². The topological polar surface area (TPSA) is 119 Å². The SMILES string of the molecule is C[C@H]1[C@H](F)C[C@@H](C(=O)CCc2cc(-c3cnc(C(F)(F)F)nc3)ncc2C(F)(F)F)N1S(=O)(=O)c1cc2cnccc2o1. The van der Waals surface area contributed by atoms with Gasteiger partial charge in [-0.3, -0.25) is 14.8 Å². The molecule has 0 saturated carbocycles. The zero-order chi connectivity index (χ0) is 31.3. The molecule has 0 aromatic carbocycles. The van der Waals surface area contributed by atoms with Gasteiger partial charge in [-0.25, -0.2) is 22.8 Å². The molecule has 0 N–H and O–H groups in total. The Bertz CT molecular complexity index is 1740. The Morgan fingerprint density at radius 3 is 2.35 bits per heavy atom. The average molecular weight is 632 g/mol. The molecule has 0 spiro atoms. The molecule has 0 bridgehead atoms. The largest absolute Gasteiger partial charge is 0.451 e. The normalized spacial score (nSPS) is 20.1. The maximum Gasteiger partial charge on any atom is 0.451 e. The number of carbonyl (C=O) groups is 1. The van der Waals surface area contributed by atoms with Crippen molar-refractivity contribution in [3.63, 3.8) is 0 Å². The molecule has 4 aromatic heterocycles. The van der Waals surface area contributed by atoms with Gasteiger partial charge in [0.2, 0.25) is 10.9 Å². The molecule has 0 radical (unpaired) electrons. The van der Waals surface area contributed by atoms with E-state index in [4.69, 9.17) is 4.42 Å². The van der Waals surface area contributed by atoms with E-state index in [0.29, 0.717) is 15.9 Å². The van der Waals surface area contributed by atoms with Crippen LogP contribution < -0.4 is 0 Å². The molecule has 1 saturated heterocycles. The van der Waals surface area contributed by atoms with Gasteiger partial charge in [-0.2, -0.15) is 30.6 Å². The number of fused-ring (bicyclic) bond motifs is 1. The van der Waals surface area contributed by atoms with Crippen LogP contribution in [0, 0.1) is 0 Å². The van der Waals surface area contributed by atoms with Crippen LogP contribution in [0.5, 0.6) is 0 Å². The number of aromatic nitrogens is 4. The van der Waals surface area contributed by atoms with E-state index >= 15 is 0 Å². The number of pyridine rings is 2. The molecule has 43 heavy (non-hydrogen) atoms. The minimum atomic E-state index is -4.90. The first-order valence-electron chi connectivity index (χ1n) is 12.6. The quantitative estimate of drug-likeness (QED) is 0.249. The summed E-state index contributed by atoms with van der Waals surface area (Å²) in [6.45, 7) is 1.27. The van der Waals surface area contributed by atoms with E-state index in [9.17, 15) is 43.9 Å². The van der Waals surface area contributed by atoms with Crippen molar-refractivity contribution in [2.75, 3.05) is 0 Å². The summed E-state index contributed by atoms with van der Waals surface area (Å²) >= 11 is 0. The van der Waals surface area contributed by atoms with Gasteiger partial charge < -0.3 is 4.42 Å². The molecule has 1 fully saturated rings. The third-order valence-corrected chi connectivity index (χ3v) is 8.87. The first-order valence-corrected chi connectivity index (χ1v) is 14.0. The zero-order valence-electron chi connectivity index (χ0n) is 21.9. The van der Waals surface area contributed by atoms with E-state index in [1.165, 1.54) is 31.5 Å². The number of sulfonamides is 1. The molecular formula is C26H20F7N5O4S. The third kappa shape index (κ3) is 5.95. The summed E-state index contributed by atoms with van der Waals surface area (Å²) in [6.07, 6.45) is -8.49. The first kappa shape index (κ1) is 30.5. The number of furan rings is 1. The smallest absolute Gasteiger partial charge is 0.443 e. The number of halogens is 7. The van der Waals surface area contributed by atoms with Gasteiger partial charge in [0.05, 0.1) is 23.3 Å². The van der Waals surface area contributed by atoms with Crippen molar-refractivity contribution < 1.29 is 48.4 Å². The predicted octanol–water partition coefficient (Wildman–Crippen LogP) is 5.41. The fourth-order valence-electron chi connectivity index (χ4n) is 4.86. The second kappa shape index (κ2) is 10.9. The van der Waals surface area contributed by atoms with Crippen LogP contribution in [0.2, 0.25) is 0 Å². The average Bonchev–Trinajstić information content (AvgIpc) is 3.52. The number of ketones is 1. The number of hydrogen-bond donors (Lipinski definition) is 0. The van der Waals surface area contributed by atoms with E-state index in [0.717, 1.165) is 18.5 Å². The summed E-state index contributed by atoms with van der Waals surface area (Å²) in [5.41, 5.74) is -1.76. The highest BCUT2D eigenvalue weighted by Gasteiger charge is 2.50. The lowest BCUT2D eigenvalue weighted by Crippen LogP contribution is -2.44. The molecule has 5 rings (SSSR count). The van der Waals surface area contributed by atoms with Gasteiger partial charge >= 0.3 is 12.4 Å². The monoisotopic (exact) mass is 631 g/mol. The Labute approximate surface area is 238 Å². The fraction of sp³-hybridized carbons (Fsp3) is 0.346. The summed E-state index contributed by atoms with van der Waals surface area (Å²) < 4.78 is 128. The van der Waals surface area contributed by atoms with E-state index in [1.807, 2.05) is 0 Å². The third-order valence-electron chi connectivity index (χ3n) is 7.01. The second-order valence-corrected chi connectivity index (χ2v) is 11.6. The number of rotatable bonds is 7. The molecule has 0 aliphatic carbocycles. The summed E-state index contributed by atoms with van der Waals surface area (Å²) in [6, 6.07) is 0.731. The van der Waals surface area contributed by atoms with Crippen molar-refractivity contribution in [1.82, 2.24) is 24.2 Å². The number of carbonyl (C=O) groups excluding carboxylic acids is 1. The number of hydrogen-bond acceptors (Lipinski definition) is 8. The minimum Gasteiger partial charge on any atom is -0.443 e. The van der Waals surface area contributed by atoms with Crippen LogP contribution in [0.4, 0.5) is 30.7 Å². The van der Waals surface area contributed by atoms with E-state index in [2.05, 4.69) is 19.9 Å². The predicted molar refractivity (Wildman–Crippen MR) is 134 cm³/mol. The molecule has 9 nitrogen and oxygen atoms in total. The van der Waals surface area contributed by atoms with Crippen LogP contribution in [0.3, 0.4) is 0 Å². The van der Waals surface area contributed by atoms with Crippen LogP contribution in [0.1, 0.15) is 36.7 Å². The Hall–Kier alpha value is -3.99. The number of alkyl halides is 7. The Morgan fingerprint density at radius 2 is 1.72 bits per heavy atom. The second-order valence-electron chi connectivity index (χ2n) is 9.81. The lowest BCUT2D eigenvalue weighted by atomic mass is 9.98. The molecule has 17 heteroatoms. The maximum atomic E-state index is 14.8. The standard InChI is InChI=1S/C26H20F7N5O4S/c1-13-18(27)8-20(38(13)43(40,41)23-7-15-9-34-5-4-22(15)42-23)21(39)3-2-14-6-19(35-12-17(14)25(28,29)30)16-10-36-24(37-11-16)26(31,32)33/h4-7,9-13,18,20H,2-3,8H2,1H3/t13-,18+,20-/m0/s1. The van der Waals surface area contributed by atoms with Gasteiger partial charge in [0.15, 0.2) is 5.78 Å². The molecular weight excluding hydrogens is 611 g/mol. The van der Waals surface area contributed by atoms with Gasteiger partial charge in [-0.15, -0.1) is 0 Å². The van der Waals surface area contributed by atoms with Crippen molar-refractivity contribution in [2.45, 2.75) is 61.9 Å². The van der Waals surface area contributed by atoms with Crippen LogP contribution in [-0.2, 0) is 33.6 Å². The van der Waals surface area contributed by atoms with E-state index < -0.39 is 87.7 Å². The first-order chi connectivity index (χ1) is 20.1. The van der Waals surface area contributed by atoms with Crippen molar-refractivity contribution in [3.05, 3.63) is 66.1 Å². The Morgan fingerprint density at radius 1 is 1.02 bits per heavy atom. The zero-order valence-corrected chi connectivity index (χ0v) is 22.7. The molecule has 1 aliphatic heterocycles. The van der Waals surface area contributed by atoms with Gasteiger partial charge in [-0.1, -0.05) is 0 Å². The van der Waals surface area contributed by atoms with Crippen molar-refractivity contribution in [2.24, 2.45) is 0 Å². The lowest BCUT2D eigenvalue weighted by Gasteiger charge is -2.25. The van der Waals surface area contributed by atoms with Gasteiger partial charge in [0, 0.05) is 60.8 Å². The highest BCUT2D eigenvalue weighted by molar-refractivity contribution is 7.89. The number of aryl methyl sites for hydroxylation is 1. The molecule has 3 atom stereocenters. The van der Waals surface area contributed by atoms with Crippen LogP contribution in [0.15, 0.2) is 58.7 Å². The van der Waals surface area contributed by atoms with E-state index in [-0.39, 0.29) is 16.8 Å².